The standard InChI is InChI=1S/C21H23ClFN5O2/c22-15-9-14(10-16(23)11-15)12-26-20(29)18-3-6-28(21(18)30)17-1-2-19(25-13-17)27-7-4-24-5-8-27/h1-2,9-11,13,18,24H,3-8,12H2,(H,26,29). The number of pyridine rings is 1. The third-order valence-corrected chi connectivity index (χ3v) is 5.61. The lowest BCUT2D eigenvalue weighted by molar-refractivity contribution is -0.132. The zero-order valence-electron chi connectivity index (χ0n) is 16.4. The predicted molar refractivity (Wildman–Crippen MR) is 113 cm³/mol. The molecule has 1 unspecified atom stereocenters. The first-order chi connectivity index (χ1) is 14.5. The van der Waals surface area contributed by atoms with Gasteiger partial charge in [-0.05, 0) is 42.3 Å². The van der Waals surface area contributed by atoms with Crippen LogP contribution in [0.3, 0.4) is 0 Å². The molecular weight excluding hydrogens is 409 g/mol. The summed E-state index contributed by atoms with van der Waals surface area (Å²) in [7, 11) is 0. The summed E-state index contributed by atoms with van der Waals surface area (Å²) in [5, 5.41) is 6.28. The molecule has 4 rings (SSSR count). The van der Waals surface area contributed by atoms with Crippen LogP contribution in [0, 0.1) is 11.7 Å². The van der Waals surface area contributed by atoms with Crippen LogP contribution in [0.15, 0.2) is 36.5 Å². The van der Waals surface area contributed by atoms with E-state index in [4.69, 9.17) is 11.6 Å². The molecule has 1 aromatic carbocycles. The van der Waals surface area contributed by atoms with Gasteiger partial charge in [-0.1, -0.05) is 11.6 Å². The minimum atomic E-state index is -0.762. The van der Waals surface area contributed by atoms with Crippen molar-refractivity contribution < 1.29 is 14.0 Å². The Morgan fingerprint density at radius 1 is 1.23 bits per heavy atom. The first kappa shape index (κ1) is 20.6. The summed E-state index contributed by atoms with van der Waals surface area (Å²) in [6, 6.07) is 7.87. The SMILES string of the molecule is O=C(NCc1cc(F)cc(Cl)c1)C1CCN(c2ccc(N3CCNCC3)nc2)C1=O. The van der Waals surface area contributed by atoms with Gasteiger partial charge in [-0.15, -0.1) is 0 Å². The summed E-state index contributed by atoms with van der Waals surface area (Å²) in [6.45, 7) is 4.21. The van der Waals surface area contributed by atoms with E-state index in [0.29, 0.717) is 24.2 Å². The molecule has 7 nitrogen and oxygen atoms in total. The highest BCUT2D eigenvalue weighted by Crippen LogP contribution is 2.26. The lowest BCUT2D eigenvalue weighted by Crippen LogP contribution is -2.43. The third kappa shape index (κ3) is 4.55. The van der Waals surface area contributed by atoms with E-state index in [2.05, 4.69) is 20.5 Å². The summed E-state index contributed by atoms with van der Waals surface area (Å²) in [5.74, 6) is -0.960. The van der Waals surface area contributed by atoms with Crippen molar-refractivity contribution in [1.82, 2.24) is 15.6 Å². The number of benzene rings is 1. The number of rotatable bonds is 5. The molecule has 1 atom stereocenters. The van der Waals surface area contributed by atoms with Crippen LogP contribution in [0.25, 0.3) is 0 Å². The Labute approximate surface area is 179 Å². The molecule has 158 valence electrons. The third-order valence-electron chi connectivity index (χ3n) is 5.40. The van der Waals surface area contributed by atoms with Crippen molar-refractivity contribution in [2.45, 2.75) is 13.0 Å². The van der Waals surface area contributed by atoms with E-state index >= 15 is 0 Å². The average molecular weight is 432 g/mol. The number of anilines is 2. The van der Waals surface area contributed by atoms with Crippen LogP contribution < -0.4 is 20.4 Å². The molecule has 0 radical (unpaired) electrons. The molecule has 1 aromatic heterocycles. The van der Waals surface area contributed by atoms with Gasteiger partial charge in [0, 0.05) is 44.3 Å². The molecule has 0 aliphatic carbocycles. The molecule has 9 heteroatoms. The van der Waals surface area contributed by atoms with Crippen LogP contribution in [0.5, 0.6) is 0 Å². The molecule has 2 aliphatic heterocycles. The minimum absolute atomic E-state index is 0.112. The van der Waals surface area contributed by atoms with E-state index in [0.717, 1.165) is 32.0 Å². The number of hydrogen-bond acceptors (Lipinski definition) is 5. The molecule has 0 spiro atoms. The highest BCUT2D eigenvalue weighted by atomic mass is 35.5. The lowest BCUT2D eigenvalue weighted by atomic mass is 10.1. The largest absolute Gasteiger partial charge is 0.354 e. The zero-order chi connectivity index (χ0) is 21.1. The Balaban J connectivity index is 1.36. The van der Waals surface area contributed by atoms with Gasteiger partial charge in [0.05, 0.1) is 11.9 Å². The quantitative estimate of drug-likeness (QED) is 0.708. The molecule has 2 N–H and O–H groups in total. The summed E-state index contributed by atoms with van der Waals surface area (Å²) < 4.78 is 13.4. The van der Waals surface area contributed by atoms with Crippen molar-refractivity contribution in [3.63, 3.8) is 0 Å². The monoisotopic (exact) mass is 431 g/mol. The van der Waals surface area contributed by atoms with Gasteiger partial charge in [-0.25, -0.2) is 9.37 Å². The number of carbonyl (C=O) groups is 2. The maximum Gasteiger partial charge on any atom is 0.239 e. The van der Waals surface area contributed by atoms with Gasteiger partial charge in [0.25, 0.3) is 0 Å². The maximum absolute atomic E-state index is 13.4. The van der Waals surface area contributed by atoms with Crippen LogP contribution in [-0.4, -0.2) is 49.5 Å². The van der Waals surface area contributed by atoms with E-state index in [1.54, 1.807) is 17.2 Å². The Morgan fingerprint density at radius 2 is 2.03 bits per heavy atom. The van der Waals surface area contributed by atoms with Gasteiger partial charge < -0.3 is 20.4 Å². The molecule has 30 heavy (non-hydrogen) atoms. The van der Waals surface area contributed by atoms with E-state index in [1.807, 2.05) is 12.1 Å². The molecule has 2 saturated heterocycles. The van der Waals surface area contributed by atoms with E-state index in [1.165, 1.54) is 12.1 Å². The van der Waals surface area contributed by atoms with E-state index < -0.39 is 11.7 Å². The Bertz CT molecular complexity index is 913. The van der Waals surface area contributed by atoms with Gasteiger partial charge >= 0.3 is 0 Å². The van der Waals surface area contributed by atoms with Crippen molar-refractivity contribution in [2.75, 3.05) is 42.5 Å². The van der Waals surface area contributed by atoms with Crippen molar-refractivity contribution in [1.29, 1.82) is 0 Å². The molecule has 2 aliphatic rings. The topological polar surface area (TPSA) is 77.6 Å². The number of nitrogens with zero attached hydrogens (tertiary/aromatic N) is 3. The second-order valence-corrected chi connectivity index (χ2v) is 7.87. The van der Waals surface area contributed by atoms with Gasteiger partial charge in [0.1, 0.15) is 17.6 Å². The number of halogens is 2. The van der Waals surface area contributed by atoms with Crippen molar-refractivity contribution >= 4 is 34.9 Å². The molecule has 2 amide bonds. The van der Waals surface area contributed by atoms with Crippen molar-refractivity contribution in [2.24, 2.45) is 5.92 Å². The summed E-state index contributed by atoms with van der Waals surface area (Å²) >= 11 is 5.84. The lowest BCUT2D eigenvalue weighted by Gasteiger charge is -2.28. The highest BCUT2D eigenvalue weighted by Gasteiger charge is 2.37. The normalized spacial score (nSPS) is 19.3. The van der Waals surface area contributed by atoms with Gasteiger partial charge in [-0.3, -0.25) is 9.59 Å². The van der Waals surface area contributed by atoms with Crippen LogP contribution in [0.1, 0.15) is 12.0 Å². The number of carbonyl (C=O) groups excluding carboxylic acids is 2. The molecule has 0 bridgehead atoms. The minimum Gasteiger partial charge on any atom is -0.354 e. The number of amides is 2. The summed E-state index contributed by atoms with van der Waals surface area (Å²) in [5.41, 5.74) is 1.23. The smallest absolute Gasteiger partial charge is 0.239 e. The first-order valence-electron chi connectivity index (χ1n) is 9.97. The van der Waals surface area contributed by atoms with E-state index in [-0.39, 0.29) is 23.4 Å². The Morgan fingerprint density at radius 3 is 2.73 bits per heavy atom. The number of hydrogen-bond donors (Lipinski definition) is 2. The van der Waals surface area contributed by atoms with Gasteiger partial charge in [0.15, 0.2) is 0 Å². The fourth-order valence-corrected chi connectivity index (χ4v) is 4.07. The Kier molecular flexibility index (Phi) is 6.15. The second kappa shape index (κ2) is 8.97. The average Bonchev–Trinajstić information content (AvgIpc) is 3.13. The maximum atomic E-state index is 13.4. The van der Waals surface area contributed by atoms with Crippen molar-refractivity contribution in [3.05, 3.63) is 52.9 Å². The molecule has 0 saturated carbocycles. The number of piperazine rings is 1. The first-order valence-corrected chi connectivity index (χ1v) is 10.3. The zero-order valence-corrected chi connectivity index (χ0v) is 17.2. The highest BCUT2D eigenvalue weighted by molar-refractivity contribution is 6.30. The Hall–Kier alpha value is -2.71. The molecule has 2 aromatic rings. The van der Waals surface area contributed by atoms with Gasteiger partial charge in [-0.2, -0.15) is 0 Å². The molecular formula is C21H23ClFN5O2. The summed E-state index contributed by atoms with van der Waals surface area (Å²) in [4.78, 5) is 33.6. The van der Waals surface area contributed by atoms with Crippen LogP contribution in [0.2, 0.25) is 5.02 Å². The van der Waals surface area contributed by atoms with E-state index in [9.17, 15) is 14.0 Å². The van der Waals surface area contributed by atoms with Crippen LogP contribution in [0.4, 0.5) is 15.9 Å². The fraction of sp³-hybridized carbons (Fsp3) is 0.381. The fourth-order valence-electron chi connectivity index (χ4n) is 3.82. The predicted octanol–water partition coefficient (Wildman–Crippen LogP) is 1.95. The molecule has 2 fully saturated rings. The molecule has 3 heterocycles. The van der Waals surface area contributed by atoms with Crippen LogP contribution in [-0.2, 0) is 16.1 Å². The second-order valence-electron chi connectivity index (χ2n) is 7.44. The van der Waals surface area contributed by atoms with Crippen molar-refractivity contribution in [3.8, 4) is 0 Å². The number of nitrogens with one attached hydrogen (secondary N) is 2. The van der Waals surface area contributed by atoms with Gasteiger partial charge in [0.2, 0.25) is 11.8 Å². The summed E-state index contributed by atoms with van der Waals surface area (Å²) in [6.07, 6.45) is 2.11. The number of aromatic nitrogens is 1. The van der Waals surface area contributed by atoms with Crippen LogP contribution >= 0.6 is 11.6 Å².